The molecule has 0 spiro atoms. The number of carboxylic acid groups (broad SMARTS) is 1. The number of fused-ring (bicyclic) bond motifs is 2. The number of aliphatic hydroxyl groups excluding tert-OH is 1. The van der Waals surface area contributed by atoms with Crippen LogP contribution in [0, 0.1) is 0 Å². The van der Waals surface area contributed by atoms with Crippen LogP contribution in [-0.2, 0) is 4.79 Å². The molecule has 1 amide bonds. The molecule has 5 rings (SSSR count). The van der Waals surface area contributed by atoms with Gasteiger partial charge in [-0.2, -0.15) is 0 Å². The summed E-state index contributed by atoms with van der Waals surface area (Å²) in [5.74, 6) is -1.51. The summed E-state index contributed by atoms with van der Waals surface area (Å²) in [6.45, 7) is 1.29. The number of thiazole rings is 1. The molecule has 0 bridgehead atoms. The molecule has 0 aliphatic rings. The topological polar surface area (TPSA) is 142 Å². The fraction of sp³-hybridized carbons (Fsp3) is 0.125. The predicted molar refractivity (Wildman–Crippen MR) is 137 cm³/mol. The number of carbonyl (C=O) groups is 2. The van der Waals surface area contributed by atoms with E-state index in [4.69, 9.17) is 11.6 Å². The Bertz CT molecular complexity index is 1600. The standard InChI is InChI=1S/C24H19ClN6O4S/c1-12(32)19(23(34)35)28-22(33)16-3-2-10-31-20(29-30-21(16)31)13-4-7-15(8-5-13)26-24-27-17-9-6-14(25)11-18(17)36-24/h2-12,19,32H,1H3,(H,26,27)(H,28,33)(H,34,35)/t12-,19-/m0/s1. The van der Waals surface area contributed by atoms with Crippen molar-refractivity contribution in [1.82, 2.24) is 24.9 Å². The number of amides is 1. The molecule has 10 nitrogen and oxygen atoms in total. The Morgan fingerprint density at radius 2 is 1.89 bits per heavy atom. The first-order valence-electron chi connectivity index (χ1n) is 10.8. The van der Waals surface area contributed by atoms with Crippen LogP contribution in [0.3, 0.4) is 0 Å². The molecule has 4 N–H and O–H groups in total. The molecule has 0 saturated carbocycles. The molecule has 0 saturated heterocycles. The van der Waals surface area contributed by atoms with Crippen LogP contribution in [0.15, 0.2) is 60.8 Å². The van der Waals surface area contributed by atoms with Gasteiger partial charge in [0.15, 0.2) is 22.6 Å². The Morgan fingerprint density at radius 3 is 2.61 bits per heavy atom. The summed E-state index contributed by atoms with van der Waals surface area (Å²) in [5.41, 5.74) is 2.85. The molecule has 3 heterocycles. The van der Waals surface area contributed by atoms with Gasteiger partial charge in [0.05, 0.1) is 21.9 Å². The molecule has 182 valence electrons. The summed E-state index contributed by atoms with van der Waals surface area (Å²) in [4.78, 5) is 28.6. The number of hydrogen-bond donors (Lipinski definition) is 4. The van der Waals surface area contributed by atoms with Crippen molar-refractivity contribution in [2.24, 2.45) is 0 Å². The molecule has 2 aromatic carbocycles. The van der Waals surface area contributed by atoms with E-state index in [1.807, 2.05) is 36.4 Å². The minimum absolute atomic E-state index is 0.136. The second kappa shape index (κ2) is 9.53. The molecule has 3 aromatic heterocycles. The van der Waals surface area contributed by atoms with E-state index in [0.29, 0.717) is 10.8 Å². The number of aliphatic hydroxyl groups is 1. The Kier molecular flexibility index (Phi) is 6.27. The summed E-state index contributed by atoms with van der Waals surface area (Å²) in [6, 6.07) is 14.8. The van der Waals surface area contributed by atoms with Gasteiger partial charge < -0.3 is 20.8 Å². The van der Waals surface area contributed by atoms with Gasteiger partial charge in [-0.15, -0.1) is 10.2 Å². The molecule has 2 atom stereocenters. The highest BCUT2D eigenvalue weighted by atomic mass is 35.5. The number of nitrogens with zero attached hydrogens (tertiary/aromatic N) is 4. The molecule has 12 heteroatoms. The van der Waals surface area contributed by atoms with E-state index < -0.39 is 24.0 Å². The maximum absolute atomic E-state index is 12.7. The number of benzene rings is 2. The lowest BCUT2D eigenvalue weighted by Crippen LogP contribution is -2.47. The normalized spacial score (nSPS) is 13.0. The SMILES string of the molecule is C[C@H](O)[C@H](NC(=O)c1cccn2c(-c3ccc(Nc4nc5ccc(Cl)cc5s4)cc3)nnc12)C(=O)O. The molecule has 5 aromatic rings. The highest BCUT2D eigenvalue weighted by molar-refractivity contribution is 7.22. The number of carboxylic acids is 1. The number of aromatic nitrogens is 4. The molecular formula is C24H19ClN6O4S. The number of aliphatic carboxylic acids is 1. The zero-order valence-electron chi connectivity index (χ0n) is 18.7. The largest absolute Gasteiger partial charge is 0.480 e. The van der Waals surface area contributed by atoms with Crippen LogP contribution in [0.25, 0.3) is 27.3 Å². The van der Waals surface area contributed by atoms with Crippen molar-refractivity contribution >= 4 is 61.5 Å². The summed E-state index contributed by atoms with van der Waals surface area (Å²) >= 11 is 7.56. The lowest BCUT2D eigenvalue weighted by Gasteiger charge is -2.17. The highest BCUT2D eigenvalue weighted by Gasteiger charge is 2.27. The lowest BCUT2D eigenvalue weighted by atomic mass is 10.1. The van der Waals surface area contributed by atoms with E-state index >= 15 is 0 Å². The number of carbonyl (C=O) groups excluding carboxylic acids is 1. The number of rotatable bonds is 7. The van der Waals surface area contributed by atoms with Gasteiger partial charge in [-0.25, -0.2) is 9.78 Å². The first kappa shape index (κ1) is 23.7. The Hall–Kier alpha value is -4.06. The van der Waals surface area contributed by atoms with Gasteiger partial charge in [-0.3, -0.25) is 9.20 Å². The van der Waals surface area contributed by atoms with Crippen molar-refractivity contribution in [1.29, 1.82) is 0 Å². The monoisotopic (exact) mass is 522 g/mol. The molecule has 0 radical (unpaired) electrons. The summed E-state index contributed by atoms with van der Waals surface area (Å²) in [7, 11) is 0. The van der Waals surface area contributed by atoms with Crippen molar-refractivity contribution in [2.75, 3.05) is 5.32 Å². The van der Waals surface area contributed by atoms with Crippen LogP contribution >= 0.6 is 22.9 Å². The van der Waals surface area contributed by atoms with E-state index in [9.17, 15) is 19.8 Å². The zero-order chi connectivity index (χ0) is 25.4. The first-order chi connectivity index (χ1) is 17.3. The van der Waals surface area contributed by atoms with E-state index in [2.05, 4.69) is 25.8 Å². The first-order valence-corrected chi connectivity index (χ1v) is 12.0. The van der Waals surface area contributed by atoms with E-state index in [1.54, 1.807) is 22.7 Å². The maximum Gasteiger partial charge on any atom is 0.328 e. The van der Waals surface area contributed by atoms with Gasteiger partial charge >= 0.3 is 5.97 Å². The average molecular weight is 523 g/mol. The van der Waals surface area contributed by atoms with Crippen LogP contribution in [0.5, 0.6) is 0 Å². The number of anilines is 2. The number of pyridine rings is 1. The van der Waals surface area contributed by atoms with Gasteiger partial charge in [0, 0.05) is 22.5 Å². The Morgan fingerprint density at radius 1 is 1.11 bits per heavy atom. The van der Waals surface area contributed by atoms with Crippen LogP contribution in [0.2, 0.25) is 5.02 Å². The molecule has 36 heavy (non-hydrogen) atoms. The fourth-order valence-electron chi connectivity index (χ4n) is 3.68. The zero-order valence-corrected chi connectivity index (χ0v) is 20.3. The van der Waals surface area contributed by atoms with Crippen molar-refractivity contribution in [3.8, 4) is 11.4 Å². The molecule has 0 aliphatic carbocycles. The molecule has 0 unspecified atom stereocenters. The van der Waals surface area contributed by atoms with E-state index in [0.717, 1.165) is 26.6 Å². The summed E-state index contributed by atoms with van der Waals surface area (Å²) in [5, 5.41) is 34.3. The lowest BCUT2D eigenvalue weighted by molar-refractivity contribution is -0.141. The van der Waals surface area contributed by atoms with Crippen molar-refractivity contribution in [3.63, 3.8) is 0 Å². The summed E-state index contributed by atoms with van der Waals surface area (Å²) in [6.07, 6.45) is 0.440. The Balaban J connectivity index is 1.39. The minimum atomic E-state index is -1.45. The third-order valence-corrected chi connectivity index (χ3v) is 6.63. The van der Waals surface area contributed by atoms with Crippen molar-refractivity contribution in [3.05, 3.63) is 71.4 Å². The fourth-order valence-corrected chi connectivity index (χ4v) is 4.84. The van der Waals surface area contributed by atoms with Crippen molar-refractivity contribution in [2.45, 2.75) is 19.1 Å². The van der Waals surface area contributed by atoms with Gasteiger partial charge in [0.1, 0.15) is 0 Å². The van der Waals surface area contributed by atoms with Gasteiger partial charge in [-0.1, -0.05) is 22.9 Å². The predicted octanol–water partition coefficient (Wildman–Crippen LogP) is 3.97. The Labute approximate surface area is 213 Å². The van der Waals surface area contributed by atoms with Crippen LogP contribution in [0.4, 0.5) is 10.8 Å². The van der Waals surface area contributed by atoms with Crippen LogP contribution in [-0.4, -0.2) is 53.8 Å². The number of nitrogens with one attached hydrogen (secondary N) is 2. The molecular weight excluding hydrogens is 504 g/mol. The average Bonchev–Trinajstić information content (AvgIpc) is 3.45. The van der Waals surface area contributed by atoms with Gasteiger partial charge in [0.25, 0.3) is 5.91 Å². The van der Waals surface area contributed by atoms with Crippen molar-refractivity contribution < 1.29 is 19.8 Å². The van der Waals surface area contributed by atoms with Gasteiger partial charge in [-0.05, 0) is 61.5 Å². The third-order valence-electron chi connectivity index (χ3n) is 5.46. The number of halogens is 1. The quantitative estimate of drug-likeness (QED) is 0.251. The summed E-state index contributed by atoms with van der Waals surface area (Å²) < 4.78 is 2.63. The van der Waals surface area contributed by atoms with Gasteiger partial charge in [0.2, 0.25) is 0 Å². The van der Waals surface area contributed by atoms with E-state index in [-0.39, 0.29) is 11.2 Å². The smallest absolute Gasteiger partial charge is 0.328 e. The highest BCUT2D eigenvalue weighted by Crippen LogP contribution is 2.31. The second-order valence-corrected chi connectivity index (χ2v) is 9.47. The van der Waals surface area contributed by atoms with Crippen LogP contribution < -0.4 is 10.6 Å². The van der Waals surface area contributed by atoms with Crippen LogP contribution in [0.1, 0.15) is 17.3 Å². The second-order valence-electron chi connectivity index (χ2n) is 8.00. The third kappa shape index (κ3) is 4.59. The van der Waals surface area contributed by atoms with E-state index in [1.165, 1.54) is 24.3 Å². The molecule has 0 aliphatic heterocycles. The maximum atomic E-state index is 12.7. The minimum Gasteiger partial charge on any atom is -0.480 e. The molecule has 0 fully saturated rings. The number of hydrogen-bond acceptors (Lipinski definition) is 8.